The molecule has 0 radical (unpaired) electrons. The molecule has 1 N–H and O–H groups in total. The Morgan fingerprint density at radius 1 is 1.07 bits per heavy atom. The molecule has 1 aromatic rings. The summed E-state index contributed by atoms with van der Waals surface area (Å²) in [4.78, 5) is 0. The highest BCUT2D eigenvalue weighted by Crippen LogP contribution is 2.13. The van der Waals surface area contributed by atoms with Crippen molar-refractivity contribution in [2.75, 3.05) is 6.54 Å². The zero-order chi connectivity index (χ0) is 11.1. The summed E-state index contributed by atoms with van der Waals surface area (Å²) in [6.45, 7) is 7.87. The summed E-state index contributed by atoms with van der Waals surface area (Å²) < 4.78 is 0. The largest absolute Gasteiger partial charge is 0.311 e. The fourth-order valence-electron chi connectivity index (χ4n) is 1.65. The van der Waals surface area contributed by atoms with E-state index in [-0.39, 0.29) is 0 Å². The van der Waals surface area contributed by atoms with Gasteiger partial charge in [-0.2, -0.15) is 0 Å². The highest BCUT2D eigenvalue weighted by Gasteiger charge is 2.17. The monoisotopic (exact) mass is 205 g/mol. The molecule has 0 unspecified atom stereocenters. The highest BCUT2D eigenvalue weighted by molar-refractivity contribution is 5.14. The van der Waals surface area contributed by atoms with Crippen LogP contribution in [0.15, 0.2) is 30.3 Å². The summed E-state index contributed by atoms with van der Waals surface area (Å²) in [6, 6.07) is 10.7. The molecule has 0 spiro atoms. The van der Waals surface area contributed by atoms with Gasteiger partial charge >= 0.3 is 0 Å². The molecule has 0 amide bonds. The van der Waals surface area contributed by atoms with Crippen LogP contribution in [0.3, 0.4) is 0 Å². The lowest BCUT2D eigenvalue weighted by Gasteiger charge is -2.28. The van der Waals surface area contributed by atoms with Crippen molar-refractivity contribution in [3.63, 3.8) is 0 Å². The Labute approximate surface area is 93.9 Å². The van der Waals surface area contributed by atoms with Crippen LogP contribution < -0.4 is 5.32 Å². The molecule has 0 atom stereocenters. The van der Waals surface area contributed by atoms with Crippen LogP contribution in [0.4, 0.5) is 0 Å². The van der Waals surface area contributed by atoms with Crippen molar-refractivity contribution in [1.29, 1.82) is 0 Å². The summed E-state index contributed by atoms with van der Waals surface area (Å²) in [5.41, 5.74) is 1.73. The molecule has 0 aliphatic heterocycles. The maximum absolute atomic E-state index is 3.64. The average molecular weight is 205 g/mol. The molecule has 1 nitrogen and oxygen atoms in total. The Morgan fingerprint density at radius 2 is 1.67 bits per heavy atom. The first-order valence-electron chi connectivity index (χ1n) is 5.99. The molecule has 1 heteroatoms. The zero-order valence-corrected chi connectivity index (χ0v) is 10.2. The minimum Gasteiger partial charge on any atom is -0.311 e. The highest BCUT2D eigenvalue weighted by atomic mass is 15.0. The average Bonchev–Trinajstić information content (AvgIpc) is 2.30. The van der Waals surface area contributed by atoms with Crippen LogP contribution in [0.2, 0.25) is 0 Å². The van der Waals surface area contributed by atoms with Crippen LogP contribution in [0.5, 0.6) is 0 Å². The lowest BCUT2D eigenvalue weighted by Crippen LogP contribution is -2.42. The molecule has 1 aromatic carbocycles. The lowest BCUT2D eigenvalue weighted by atomic mass is 9.95. The van der Waals surface area contributed by atoms with Crippen molar-refractivity contribution >= 4 is 0 Å². The molecule has 0 aromatic heterocycles. The molecular weight excluding hydrogens is 182 g/mol. The van der Waals surface area contributed by atoms with Crippen LogP contribution in [0.25, 0.3) is 0 Å². The molecular formula is C14H23N. The quantitative estimate of drug-likeness (QED) is 0.750. The summed E-state index contributed by atoms with van der Waals surface area (Å²) >= 11 is 0. The molecule has 84 valence electrons. The molecule has 0 heterocycles. The van der Waals surface area contributed by atoms with Gasteiger partial charge in [0.05, 0.1) is 0 Å². The molecule has 0 saturated carbocycles. The fraction of sp³-hybridized carbons (Fsp3) is 0.571. The van der Waals surface area contributed by atoms with Gasteiger partial charge in [0, 0.05) is 5.54 Å². The number of hydrogen-bond acceptors (Lipinski definition) is 1. The minimum atomic E-state index is 0.314. The molecule has 0 fully saturated rings. The van der Waals surface area contributed by atoms with Crippen molar-refractivity contribution in [2.45, 2.75) is 45.6 Å². The number of nitrogens with one attached hydrogen (secondary N) is 1. The standard InChI is InChI=1S/C14H23N/c1-4-14(3,5-2)15-12-11-13-9-7-6-8-10-13/h6-10,15H,4-5,11-12H2,1-3H3. The van der Waals surface area contributed by atoms with Crippen LogP contribution in [-0.4, -0.2) is 12.1 Å². The van der Waals surface area contributed by atoms with Gasteiger partial charge in [-0.15, -0.1) is 0 Å². The topological polar surface area (TPSA) is 12.0 Å². The third-order valence-corrected chi connectivity index (χ3v) is 3.37. The number of hydrogen-bond donors (Lipinski definition) is 1. The summed E-state index contributed by atoms with van der Waals surface area (Å²) in [5.74, 6) is 0. The molecule has 0 saturated heterocycles. The van der Waals surface area contributed by atoms with E-state index < -0.39 is 0 Å². The van der Waals surface area contributed by atoms with Crippen molar-refractivity contribution in [3.8, 4) is 0 Å². The van der Waals surface area contributed by atoms with E-state index in [0.717, 1.165) is 13.0 Å². The Bertz CT molecular complexity index is 262. The first kappa shape index (κ1) is 12.3. The van der Waals surface area contributed by atoms with Gasteiger partial charge in [-0.1, -0.05) is 44.2 Å². The Balaban J connectivity index is 2.33. The van der Waals surface area contributed by atoms with E-state index in [4.69, 9.17) is 0 Å². The summed E-state index contributed by atoms with van der Waals surface area (Å²) in [5, 5.41) is 3.64. The van der Waals surface area contributed by atoms with Gasteiger partial charge in [0.1, 0.15) is 0 Å². The van der Waals surface area contributed by atoms with Gasteiger partial charge in [0.2, 0.25) is 0 Å². The van der Waals surface area contributed by atoms with Crippen molar-refractivity contribution in [3.05, 3.63) is 35.9 Å². The lowest BCUT2D eigenvalue weighted by molar-refractivity contribution is 0.334. The second-order valence-corrected chi connectivity index (χ2v) is 4.43. The van der Waals surface area contributed by atoms with Crippen molar-refractivity contribution in [2.24, 2.45) is 0 Å². The van der Waals surface area contributed by atoms with Crippen LogP contribution in [0.1, 0.15) is 39.2 Å². The minimum absolute atomic E-state index is 0.314. The predicted octanol–water partition coefficient (Wildman–Crippen LogP) is 3.40. The Kier molecular flexibility index (Phi) is 4.83. The van der Waals surface area contributed by atoms with Crippen LogP contribution >= 0.6 is 0 Å². The third-order valence-electron chi connectivity index (χ3n) is 3.37. The van der Waals surface area contributed by atoms with Crippen LogP contribution in [0, 0.1) is 0 Å². The normalized spacial score (nSPS) is 11.7. The number of rotatable bonds is 6. The maximum atomic E-state index is 3.64. The van der Waals surface area contributed by atoms with E-state index in [2.05, 4.69) is 56.4 Å². The second kappa shape index (κ2) is 5.92. The smallest absolute Gasteiger partial charge is 0.0148 e. The van der Waals surface area contributed by atoms with E-state index >= 15 is 0 Å². The molecule has 15 heavy (non-hydrogen) atoms. The van der Waals surface area contributed by atoms with Gasteiger partial charge in [0.25, 0.3) is 0 Å². The fourth-order valence-corrected chi connectivity index (χ4v) is 1.65. The summed E-state index contributed by atoms with van der Waals surface area (Å²) in [7, 11) is 0. The molecule has 0 aliphatic rings. The molecule has 0 bridgehead atoms. The van der Waals surface area contributed by atoms with Gasteiger partial charge in [0.15, 0.2) is 0 Å². The van der Waals surface area contributed by atoms with Crippen molar-refractivity contribution in [1.82, 2.24) is 5.32 Å². The van der Waals surface area contributed by atoms with Crippen LogP contribution in [-0.2, 0) is 6.42 Å². The first-order chi connectivity index (χ1) is 7.20. The van der Waals surface area contributed by atoms with Gasteiger partial charge in [-0.05, 0) is 38.3 Å². The second-order valence-electron chi connectivity index (χ2n) is 4.43. The first-order valence-corrected chi connectivity index (χ1v) is 5.99. The van der Waals surface area contributed by atoms with Crippen molar-refractivity contribution < 1.29 is 0 Å². The maximum Gasteiger partial charge on any atom is 0.0148 e. The molecule has 0 aliphatic carbocycles. The van der Waals surface area contributed by atoms with E-state index in [9.17, 15) is 0 Å². The van der Waals surface area contributed by atoms with Gasteiger partial charge in [-0.25, -0.2) is 0 Å². The Hall–Kier alpha value is -0.820. The number of benzene rings is 1. The molecule has 1 rings (SSSR count). The van der Waals surface area contributed by atoms with E-state index in [1.54, 1.807) is 0 Å². The Morgan fingerprint density at radius 3 is 2.20 bits per heavy atom. The van der Waals surface area contributed by atoms with E-state index in [0.29, 0.717) is 5.54 Å². The summed E-state index contributed by atoms with van der Waals surface area (Å²) in [6.07, 6.45) is 3.51. The van der Waals surface area contributed by atoms with E-state index in [1.165, 1.54) is 18.4 Å². The van der Waals surface area contributed by atoms with Gasteiger partial charge < -0.3 is 5.32 Å². The van der Waals surface area contributed by atoms with E-state index in [1.807, 2.05) is 0 Å². The SMILES string of the molecule is CCC(C)(CC)NCCc1ccccc1. The third kappa shape index (κ3) is 4.05. The predicted molar refractivity (Wildman–Crippen MR) is 67.1 cm³/mol. The van der Waals surface area contributed by atoms with Gasteiger partial charge in [-0.3, -0.25) is 0 Å². The zero-order valence-electron chi connectivity index (χ0n) is 10.2.